The molecule has 0 aromatic heterocycles. The van der Waals surface area contributed by atoms with Gasteiger partial charge in [0, 0.05) is 25.9 Å². The predicted octanol–water partition coefficient (Wildman–Crippen LogP) is 2.16. The smallest absolute Gasteiger partial charge is 0.246 e. The normalized spacial score (nSPS) is 15.3. The number of imide groups is 1. The van der Waals surface area contributed by atoms with Crippen molar-refractivity contribution in [2.75, 3.05) is 25.1 Å². The van der Waals surface area contributed by atoms with Crippen LogP contribution in [0.1, 0.15) is 39.5 Å². The van der Waals surface area contributed by atoms with Gasteiger partial charge in [0.05, 0.1) is 12.8 Å². The molecule has 1 saturated heterocycles. The van der Waals surface area contributed by atoms with E-state index in [2.05, 4.69) is 0 Å². The highest BCUT2D eigenvalue weighted by Crippen LogP contribution is 2.33. The van der Waals surface area contributed by atoms with Crippen LogP contribution in [0.3, 0.4) is 0 Å². The van der Waals surface area contributed by atoms with Crippen molar-refractivity contribution in [1.29, 1.82) is 0 Å². The minimum absolute atomic E-state index is 0.0260. The third kappa shape index (κ3) is 3.85. The molecular weight excluding hydrogens is 344 g/mol. The molecule has 1 aromatic carbocycles. The van der Waals surface area contributed by atoms with E-state index >= 15 is 0 Å². The zero-order valence-corrected chi connectivity index (χ0v) is 15.6. The Labute approximate surface area is 148 Å². The molecule has 8 heteroatoms. The quantitative estimate of drug-likeness (QED) is 0.657. The van der Waals surface area contributed by atoms with Crippen molar-refractivity contribution in [1.82, 2.24) is 4.31 Å². The van der Waals surface area contributed by atoms with Gasteiger partial charge in [-0.15, -0.1) is 0 Å². The molecule has 2 rings (SSSR count). The van der Waals surface area contributed by atoms with Gasteiger partial charge >= 0.3 is 0 Å². The van der Waals surface area contributed by atoms with E-state index in [1.807, 2.05) is 13.8 Å². The topological polar surface area (TPSA) is 84.0 Å². The molecule has 1 aromatic rings. The van der Waals surface area contributed by atoms with Gasteiger partial charge in [-0.25, -0.2) is 8.42 Å². The summed E-state index contributed by atoms with van der Waals surface area (Å²) in [6, 6.07) is 4.37. The van der Waals surface area contributed by atoms with Gasteiger partial charge in [0.2, 0.25) is 21.8 Å². The molecule has 1 heterocycles. The van der Waals surface area contributed by atoms with Crippen LogP contribution >= 0.6 is 0 Å². The Morgan fingerprint density at radius 1 is 1.08 bits per heavy atom. The molecule has 0 N–H and O–H groups in total. The van der Waals surface area contributed by atoms with Crippen molar-refractivity contribution in [2.45, 2.75) is 44.4 Å². The van der Waals surface area contributed by atoms with Crippen molar-refractivity contribution in [3.05, 3.63) is 18.2 Å². The monoisotopic (exact) mass is 368 g/mol. The van der Waals surface area contributed by atoms with Crippen LogP contribution in [-0.4, -0.2) is 44.7 Å². The Kier molecular flexibility index (Phi) is 6.18. The average Bonchev–Trinajstić information content (AvgIpc) is 2.92. The second kappa shape index (κ2) is 7.97. The van der Waals surface area contributed by atoms with E-state index in [1.165, 1.54) is 29.6 Å². The summed E-state index contributed by atoms with van der Waals surface area (Å²) >= 11 is 0. The van der Waals surface area contributed by atoms with Crippen LogP contribution in [0.25, 0.3) is 0 Å². The number of amides is 2. The zero-order chi connectivity index (χ0) is 18.6. The Morgan fingerprint density at radius 3 is 2.12 bits per heavy atom. The molecule has 0 saturated carbocycles. The van der Waals surface area contributed by atoms with Gasteiger partial charge in [0.15, 0.2) is 0 Å². The van der Waals surface area contributed by atoms with Gasteiger partial charge in [-0.3, -0.25) is 14.5 Å². The molecule has 7 nitrogen and oxygen atoms in total. The number of rotatable bonds is 8. The molecule has 1 aliphatic heterocycles. The van der Waals surface area contributed by atoms with Crippen molar-refractivity contribution >= 4 is 27.5 Å². The molecule has 138 valence electrons. The van der Waals surface area contributed by atoms with Crippen LogP contribution < -0.4 is 9.64 Å². The molecule has 0 radical (unpaired) electrons. The summed E-state index contributed by atoms with van der Waals surface area (Å²) in [7, 11) is -2.40. The third-order valence-electron chi connectivity index (χ3n) is 4.02. The van der Waals surface area contributed by atoms with Crippen LogP contribution in [0, 0.1) is 0 Å². The van der Waals surface area contributed by atoms with Crippen molar-refractivity contribution in [3.8, 4) is 5.75 Å². The van der Waals surface area contributed by atoms with Crippen molar-refractivity contribution in [3.63, 3.8) is 0 Å². The van der Waals surface area contributed by atoms with Crippen LogP contribution in [0.5, 0.6) is 5.75 Å². The van der Waals surface area contributed by atoms with E-state index in [9.17, 15) is 18.0 Å². The molecule has 0 spiro atoms. The number of anilines is 1. The maximum atomic E-state index is 13.1. The van der Waals surface area contributed by atoms with Gasteiger partial charge in [0.1, 0.15) is 10.6 Å². The zero-order valence-electron chi connectivity index (χ0n) is 14.8. The fourth-order valence-electron chi connectivity index (χ4n) is 2.86. The van der Waals surface area contributed by atoms with Gasteiger partial charge < -0.3 is 4.74 Å². The Hall–Kier alpha value is -1.93. The first-order valence-electron chi connectivity index (χ1n) is 8.40. The van der Waals surface area contributed by atoms with E-state index < -0.39 is 10.0 Å². The molecular formula is C17H24N2O5S. The minimum atomic E-state index is -3.80. The summed E-state index contributed by atoms with van der Waals surface area (Å²) in [4.78, 5) is 24.9. The second-order valence-corrected chi connectivity index (χ2v) is 7.77. The number of sulfonamides is 1. The standard InChI is InChI=1S/C17H24N2O5S/c1-4-10-18(11-5-2)25(22,23)15-12-13(6-7-14(15)24-3)19-16(20)8-9-17(19)21/h6-7,12H,4-5,8-11H2,1-3H3. The van der Waals surface area contributed by atoms with Crippen LogP contribution in [0.2, 0.25) is 0 Å². The molecule has 1 fully saturated rings. The number of hydrogen-bond donors (Lipinski definition) is 0. The van der Waals surface area contributed by atoms with E-state index in [0.29, 0.717) is 25.9 Å². The highest BCUT2D eigenvalue weighted by atomic mass is 32.2. The molecule has 0 unspecified atom stereocenters. The lowest BCUT2D eigenvalue weighted by atomic mass is 10.2. The van der Waals surface area contributed by atoms with Crippen molar-refractivity contribution in [2.24, 2.45) is 0 Å². The first-order valence-corrected chi connectivity index (χ1v) is 9.84. The molecule has 2 amide bonds. The van der Waals surface area contributed by atoms with E-state index in [0.717, 1.165) is 4.90 Å². The summed E-state index contributed by atoms with van der Waals surface area (Å²) in [5, 5.41) is 0. The lowest BCUT2D eigenvalue weighted by Gasteiger charge is -2.23. The summed E-state index contributed by atoms with van der Waals surface area (Å²) < 4.78 is 32.8. The Morgan fingerprint density at radius 2 is 1.64 bits per heavy atom. The molecule has 0 atom stereocenters. The fourth-order valence-corrected chi connectivity index (χ4v) is 4.66. The van der Waals surface area contributed by atoms with Gasteiger partial charge in [-0.2, -0.15) is 4.31 Å². The number of methoxy groups -OCH3 is 1. The number of ether oxygens (including phenoxy) is 1. The van der Waals surface area contributed by atoms with Crippen LogP contribution in [0.4, 0.5) is 5.69 Å². The maximum absolute atomic E-state index is 13.1. The Balaban J connectivity index is 2.53. The fraction of sp³-hybridized carbons (Fsp3) is 0.529. The summed E-state index contributed by atoms with van der Waals surface area (Å²) in [5.74, 6) is -0.449. The highest BCUT2D eigenvalue weighted by molar-refractivity contribution is 7.89. The summed E-state index contributed by atoms with van der Waals surface area (Å²) in [6.45, 7) is 4.61. The van der Waals surface area contributed by atoms with E-state index in [-0.39, 0.29) is 41.0 Å². The highest BCUT2D eigenvalue weighted by Gasteiger charge is 2.33. The lowest BCUT2D eigenvalue weighted by Crippen LogP contribution is -2.33. The van der Waals surface area contributed by atoms with Crippen LogP contribution in [-0.2, 0) is 19.6 Å². The number of nitrogens with zero attached hydrogens (tertiary/aromatic N) is 2. The van der Waals surface area contributed by atoms with Gasteiger partial charge in [-0.1, -0.05) is 13.8 Å². The largest absolute Gasteiger partial charge is 0.495 e. The molecule has 0 bridgehead atoms. The maximum Gasteiger partial charge on any atom is 0.246 e. The first-order chi connectivity index (χ1) is 11.9. The van der Waals surface area contributed by atoms with Crippen molar-refractivity contribution < 1.29 is 22.7 Å². The SMILES string of the molecule is CCCN(CCC)S(=O)(=O)c1cc(N2C(=O)CCC2=O)ccc1OC. The second-order valence-electron chi connectivity index (χ2n) is 5.86. The molecule has 0 aliphatic carbocycles. The lowest BCUT2D eigenvalue weighted by molar-refractivity contribution is -0.121. The number of hydrogen-bond acceptors (Lipinski definition) is 5. The van der Waals surface area contributed by atoms with Gasteiger partial charge in [0.25, 0.3) is 0 Å². The summed E-state index contributed by atoms with van der Waals surface area (Å²) in [6.07, 6.45) is 1.66. The summed E-state index contributed by atoms with van der Waals surface area (Å²) in [5.41, 5.74) is 0.264. The number of carbonyl (C=O) groups is 2. The number of carbonyl (C=O) groups excluding carboxylic acids is 2. The average molecular weight is 368 g/mol. The first kappa shape index (κ1) is 19.4. The Bertz CT molecular complexity index is 738. The minimum Gasteiger partial charge on any atom is -0.495 e. The van der Waals surface area contributed by atoms with Crippen LogP contribution in [0.15, 0.2) is 23.1 Å². The molecule has 25 heavy (non-hydrogen) atoms. The van der Waals surface area contributed by atoms with Gasteiger partial charge in [-0.05, 0) is 31.0 Å². The molecule has 1 aliphatic rings. The number of benzene rings is 1. The van der Waals surface area contributed by atoms with E-state index in [1.54, 1.807) is 0 Å². The third-order valence-corrected chi connectivity index (χ3v) is 5.94. The predicted molar refractivity (Wildman–Crippen MR) is 94.1 cm³/mol. The van der Waals surface area contributed by atoms with E-state index in [4.69, 9.17) is 4.74 Å².